The monoisotopic (exact) mass is 611 g/mol. The van der Waals surface area contributed by atoms with Crippen LogP contribution in [-0.2, 0) is 4.79 Å². The summed E-state index contributed by atoms with van der Waals surface area (Å²) in [4.78, 5) is 25.7. The maximum Gasteiger partial charge on any atom is 0.398 e. The van der Waals surface area contributed by atoms with E-state index >= 15 is 0 Å². The Hall–Kier alpha value is -2.89. The summed E-state index contributed by atoms with van der Waals surface area (Å²) in [6, 6.07) is 5.54. The molecule has 1 fully saturated rings. The van der Waals surface area contributed by atoms with Crippen molar-refractivity contribution < 1.29 is 35.9 Å². The lowest BCUT2D eigenvalue weighted by Gasteiger charge is -2.26. The van der Waals surface area contributed by atoms with Gasteiger partial charge in [-0.05, 0) is 48.4 Å². The molecule has 2 aromatic carbocycles. The average Bonchev–Trinajstić information content (AvgIpc) is 3.43. The van der Waals surface area contributed by atoms with Gasteiger partial charge in [-0.1, -0.05) is 23.8 Å². The maximum atomic E-state index is 14.2. The molecule has 0 saturated heterocycles. The van der Waals surface area contributed by atoms with Gasteiger partial charge in [-0.15, -0.1) is 23.2 Å². The van der Waals surface area contributed by atoms with Crippen molar-refractivity contribution >= 4 is 63.7 Å². The normalized spacial score (nSPS) is 23.9. The van der Waals surface area contributed by atoms with E-state index in [2.05, 4.69) is 10.6 Å². The number of carbonyl (C=O) groups is 2. The molecular weight excluding hydrogens is 595 g/mol. The first kappa shape index (κ1) is 29.1. The molecule has 2 aliphatic rings. The van der Waals surface area contributed by atoms with E-state index in [9.17, 15) is 35.9 Å². The van der Waals surface area contributed by atoms with Crippen molar-refractivity contribution in [2.24, 2.45) is 17.8 Å². The molecule has 4 atom stereocenters. The number of carbonyl (C=O) groups excluding carboxylic acids is 2. The standard InChI is InChI=1S/C25H18Cl3F6N3O2/c1-9-6-10(7-13(19(9)30)25(32,33)34)17-18(24(17,27)28)23(39)36-11-2-3-14(26)12(8-11)22(38)37-16-5-4-15(29)21(35)20(16)31/h2-8,13,17-19H,35H2,1H3,(H,36,39)(H,37,38)/t13?,17?,18-,19?/m0/s1. The second-order valence-electron chi connectivity index (χ2n) is 9.11. The van der Waals surface area contributed by atoms with E-state index in [1.54, 1.807) is 0 Å². The Morgan fingerprint density at radius 2 is 1.74 bits per heavy atom. The van der Waals surface area contributed by atoms with Gasteiger partial charge < -0.3 is 16.4 Å². The lowest BCUT2D eigenvalue weighted by atomic mass is 9.86. The molecule has 208 valence electrons. The molecule has 4 N–H and O–H groups in total. The summed E-state index contributed by atoms with van der Waals surface area (Å²) in [5.41, 5.74) is 3.69. The van der Waals surface area contributed by atoms with Gasteiger partial charge in [-0.3, -0.25) is 9.59 Å². The summed E-state index contributed by atoms with van der Waals surface area (Å²) < 4.78 is 80.1. The fourth-order valence-corrected chi connectivity index (χ4v) is 5.37. The van der Waals surface area contributed by atoms with Crippen molar-refractivity contribution in [3.63, 3.8) is 0 Å². The van der Waals surface area contributed by atoms with Crippen molar-refractivity contribution in [1.29, 1.82) is 0 Å². The Morgan fingerprint density at radius 1 is 1.08 bits per heavy atom. The molecule has 0 radical (unpaired) electrons. The Bertz CT molecular complexity index is 1430. The highest BCUT2D eigenvalue weighted by atomic mass is 35.5. The summed E-state index contributed by atoms with van der Waals surface area (Å²) in [7, 11) is 0. The number of hydrogen-bond acceptors (Lipinski definition) is 3. The highest BCUT2D eigenvalue weighted by Gasteiger charge is 2.68. The molecule has 2 amide bonds. The Balaban J connectivity index is 1.53. The lowest BCUT2D eigenvalue weighted by molar-refractivity contribution is -0.173. The minimum absolute atomic E-state index is 0.0226. The molecule has 0 aliphatic heterocycles. The summed E-state index contributed by atoms with van der Waals surface area (Å²) in [5, 5.41) is 4.59. The van der Waals surface area contributed by atoms with Crippen LogP contribution in [0, 0.1) is 29.4 Å². The van der Waals surface area contributed by atoms with Crippen molar-refractivity contribution in [3.8, 4) is 0 Å². The van der Waals surface area contributed by atoms with Gasteiger partial charge in [-0.2, -0.15) is 13.2 Å². The summed E-state index contributed by atoms with van der Waals surface area (Å²) >= 11 is 18.6. The van der Waals surface area contributed by atoms with Gasteiger partial charge in [-0.25, -0.2) is 13.2 Å². The number of nitrogens with one attached hydrogen (secondary N) is 2. The number of amides is 2. The molecule has 0 aromatic heterocycles. The summed E-state index contributed by atoms with van der Waals surface area (Å²) in [5.74, 6) is -8.59. The fourth-order valence-electron chi connectivity index (χ4n) is 4.34. The molecule has 2 aliphatic carbocycles. The zero-order chi connectivity index (χ0) is 29.0. The van der Waals surface area contributed by atoms with Crippen molar-refractivity contribution in [2.75, 3.05) is 16.4 Å². The van der Waals surface area contributed by atoms with E-state index in [1.807, 2.05) is 0 Å². The highest BCUT2D eigenvalue weighted by molar-refractivity contribution is 6.53. The third kappa shape index (κ3) is 5.57. The third-order valence-electron chi connectivity index (χ3n) is 6.44. The van der Waals surface area contributed by atoms with E-state index < -0.39 is 69.3 Å². The summed E-state index contributed by atoms with van der Waals surface area (Å²) in [6.07, 6.45) is -5.27. The zero-order valence-corrected chi connectivity index (χ0v) is 21.9. The van der Waals surface area contributed by atoms with Crippen LogP contribution in [-0.4, -0.2) is 28.5 Å². The number of nitrogen functional groups attached to an aromatic ring is 1. The topological polar surface area (TPSA) is 84.2 Å². The summed E-state index contributed by atoms with van der Waals surface area (Å²) in [6.45, 7) is 1.20. The SMILES string of the molecule is CC1=CC(C2[C@@H](C(=O)Nc3ccc(Cl)c(C(=O)Nc4ccc(F)c(N)c4F)c3)C2(Cl)Cl)=CC(C(F)(F)F)C1F. The third-order valence-corrected chi connectivity index (χ3v) is 7.71. The Kier molecular flexibility index (Phi) is 7.65. The maximum absolute atomic E-state index is 14.2. The van der Waals surface area contributed by atoms with Crippen LogP contribution in [0.3, 0.4) is 0 Å². The van der Waals surface area contributed by atoms with Crippen LogP contribution in [0.4, 0.5) is 43.4 Å². The molecule has 0 heterocycles. The number of nitrogens with two attached hydrogens (primary N) is 1. The molecule has 1 saturated carbocycles. The quantitative estimate of drug-likeness (QED) is 0.190. The zero-order valence-electron chi connectivity index (χ0n) is 19.6. The second kappa shape index (κ2) is 10.3. The van der Waals surface area contributed by atoms with E-state index in [0.717, 1.165) is 18.2 Å². The molecule has 0 bridgehead atoms. The largest absolute Gasteiger partial charge is 0.398 e. The first-order valence-electron chi connectivity index (χ1n) is 11.2. The van der Waals surface area contributed by atoms with Gasteiger partial charge in [0.1, 0.15) is 27.9 Å². The molecular formula is C25H18Cl3F6N3O2. The number of rotatable bonds is 5. The molecule has 14 heteroatoms. The van der Waals surface area contributed by atoms with E-state index in [0.29, 0.717) is 6.08 Å². The van der Waals surface area contributed by atoms with Gasteiger partial charge in [0.05, 0.1) is 22.2 Å². The van der Waals surface area contributed by atoms with E-state index in [1.165, 1.54) is 25.1 Å². The predicted octanol–water partition coefficient (Wildman–Crippen LogP) is 7.21. The number of halogens is 9. The van der Waals surface area contributed by atoms with Gasteiger partial charge in [0.2, 0.25) is 5.91 Å². The molecule has 0 spiro atoms. The predicted molar refractivity (Wildman–Crippen MR) is 137 cm³/mol. The van der Waals surface area contributed by atoms with Crippen LogP contribution in [0.15, 0.2) is 53.6 Å². The van der Waals surface area contributed by atoms with Crippen molar-refractivity contribution in [2.45, 2.75) is 23.6 Å². The highest BCUT2D eigenvalue weighted by Crippen LogP contribution is 2.64. The number of hydrogen-bond donors (Lipinski definition) is 3. The number of alkyl halides is 6. The van der Waals surface area contributed by atoms with Crippen molar-refractivity contribution in [1.82, 2.24) is 0 Å². The van der Waals surface area contributed by atoms with Crippen LogP contribution in [0.2, 0.25) is 5.02 Å². The van der Waals surface area contributed by atoms with Crippen LogP contribution < -0.4 is 16.4 Å². The van der Waals surface area contributed by atoms with Gasteiger partial charge in [0.25, 0.3) is 5.91 Å². The average molecular weight is 613 g/mol. The number of allylic oxidation sites excluding steroid dienone is 4. The molecule has 3 unspecified atom stereocenters. The minimum atomic E-state index is -4.86. The number of anilines is 3. The van der Waals surface area contributed by atoms with Crippen LogP contribution >= 0.6 is 34.8 Å². The van der Waals surface area contributed by atoms with E-state index in [4.69, 9.17) is 40.5 Å². The van der Waals surface area contributed by atoms with Gasteiger partial charge >= 0.3 is 6.18 Å². The van der Waals surface area contributed by atoms with Crippen LogP contribution in [0.1, 0.15) is 17.3 Å². The molecule has 4 rings (SSSR count). The number of benzene rings is 2. The van der Waals surface area contributed by atoms with Gasteiger partial charge in [0.15, 0.2) is 5.82 Å². The Morgan fingerprint density at radius 3 is 2.38 bits per heavy atom. The van der Waals surface area contributed by atoms with Crippen LogP contribution in [0.5, 0.6) is 0 Å². The van der Waals surface area contributed by atoms with Gasteiger partial charge in [0, 0.05) is 11.6 Å². The first-order chi connectivity index (χ1) is 18.0. The minimum Gasteiger partial charge on any atom is -0.394 e. The molecule has 5 nitrogen and oxygen atoms in total. The molecule has 2 aromatic rings. The smallest absolute Gasteiger partial charge is 0.394 e. The van der Waals surface area contributed by atoms with E-state index in [-0.39, 0.29) is 27.4 Å². The van der Waals surface area contributed by atoms with Crippen molar-refractivity contribution in [3.05, 3.63) is 75.9 Å². The van der Waals surface area contributed by atoms with Crippen LogP contribution in [0.25, 0.3) is 0 Å². The molecule has 39 heavy (non-hydrogen) atoms. The first-order valence-corrected chi connectivity index (χ1v) is 12.3. The fraction of sp³-hybridized carbons (Fsp3) is 0.280. The Labute approximate surface area is 233 Å². The second-order valence-corrected chi connectivity index (χ2v) is 11.0. The lowest BCUT2D eigenvalue weighted by Crippen LogP contribution is -2.33.